The van der Waals surface area contributed by atoms with Gasteiger partial charge >= 0.3 is 0 Å². The smallest absolute Gasteiger partial charge is 0.186 e. The van der Waals surface area contributed by atoms with Crippen LogP contribution >= 0.6 is 0 Å². The zero-order valence-corrected chi connectivity index (χ0v) is 10.4. The Bertz CT molecular complexity index is 562. The summed E-state index contributed by atoms with van der Waals surface area (Å²) in [5.41, 5.74) is -0.429. The van der Waals surface area contributed by atoms with E-state index in [0.717, 1.165) is 18.4 Å². The molecule has 6 heteroatoms. The predicted molar refractivity (Wildman–Crippen MR) is 59.6 cm³/mol. The molecule has 0 aliphatic heterocycles. The molecule has 0 aromatic heterocycles. The molecule has 3 nitrogen and oxygen atoms in total. The number of Topliss-reactive ketones (excluding diaryl/α,β-unsaturated/α-hetero) is 1. The Balaban J connectivity index is 3.32. The van der Waals surface area contributed by atoms with Crippen LogP contribution in [-0.4, -0.2) is 25.2 Å². The summed E-state index contributed by atoms with van der Waals surface area (Å²) in [7, 11) is -3.69. The Kier molecular flexibility index (Phi) is 3.38. The molecule has 94 valence electrons. The van der Waals surface area contributed by atoms with Gasteiger partial charge in [-0.25, -0.2) is 17.2 Å². The van der Waals surface area contributed by atoms with Gasteiger partial charge in [0.1, 0.15) is 16.4 Å². The van der Waals surface area contributed by atoms with Crippen molar-refractivity contribution in [2.45, 2.75) is 18.6 Å². The summed E-state index contributed by atoms with van der Waals surface area (Å²) in [5, 5.41) is 0. The third-order valence-electron chi connectivity index (χ3n) is 2.65. The van der Waals surface area contributed by atoms with Crippen LogP contribution in [-0.2, 0) is 9.84 Å². The highest BCUT2D eigenvalue weighted by atomic mass is 32.2. The fourth-order valence-corrected chi connectivity index (χ4v) is 1.61. The van der Waals surface area contributed by atoms with Crippen LogP contribution in [0.25, 0.3) is 0 Å². The first-order valence-corrected chi connectivity index (χ1v) is 6.66. The molecule has 1 rings (SSSR count). The van der Waals surface area contributed by atoms with Crippen molar-refractivity contribution in [3.63, 3.8) is 0 Å². The minimum Gasteiger partial charge on any atom is -0.292 e. The molecule has 0 unspecified atom stereocenters. The van der Waals surface area contributed by atoms with Gasteiger partial charge < -0.3 is 0 Å². The van der Waals surface area contributed by atoms with Crippen molar-refractivity contribution in [2.75, 3.05) is 6.26 Å². The Labute approximate surface area is 98.4 Å². The molecular formula is C11H12F2O3S. The van der Waals surface area contributed by atoms with Crippen LogP contribution in [0.1, 0.15) is 24.2 Å². The number of hydrogen-bond donors (Lipinski definition) is 0. The molecule has 1 aromatic rings. The van der Waals surface area contributed by atoms with Crippen molar-refractivity contribution in [1.82, 2.24) is 0 Å². The maximum Gasteiger partial charge on any atom is 0.186 e. The van der Waals surface area contributed by atoms with Gasteiger partial charge in [0.25, 0.3) is 0 Å². The second-order valence-electron chi connectivity index (χ2n) is 4.24. The normalized spacial score (nSPS) is 12.5. The summed E-state index contributed by atoms with van der Waals surface area (Å²) in [4.78, 5) is 11.9. The van der Waals surface area contributed by atoms with Crippen molar-refractivity contribution < 1.29 is 22.0 Å². The van der Waals surface area contributed by atoms with E-state index in [1.54, 1.807) is 0 Å². The van der Waals surface area contributed by atoms with E-state index in [4.69, 9.17) is 0 Å². The predicted octanol–water partition coefficient (Wildman–Crippen LogP) is 1.97. The molecule has 0 amide bonds. The zero-order chi connectivity index (χ0) is 13.4. The van der Waals surface area contributed by atoms with Gasteiger partial charge in [0.15, 0.2) is 15.6 Å². The molecule has 0 spiro atoms. The Morgan fingerprint density at radius 2 is 1.76 bits per heavy atom. The number of carbonyl (C=O) groups is 1. The summed E-state index contributed by atoms with van der Waals surface area (Å²) in [6, 6.07) is 2.40. The van der Waals surface area contributed by atoms with Gasteiger partial charge in [-0.05, 0) is 26.0 Å². The minimum absolute atomic E-state index is 0.429. The van der Waals surface area contributed by atoms with E-state index in [1.807, 2.05) is 0 Å². The molecular weight excluding hydrogens is 250 g/mol. The van der Waals surface area contributed by atoms with Gasteiger partial charge in [-0.2, -0.15) is 0 Å². The maximum atomic E-state index is 13.4. The third-order valence-corrected chi connectivity index (χ3v) is 4.69. The highest BCUT2D eigenvalue weighted by molar-refractivity contribution is 7.92. The molecule has 0 N–H and O–H groups in total. The molecule has 0 saturated carbocycles. The summed E-state index contributed by atoms with van der Waals surface area (Å²) in [6.45, 7) is 2.38. The van der Waals surface area contributed by atoms with Crippen LogP contribution in [0.5, 0.6) is 0 Å². The molecule has 0 atom stereocenters. The maximum absolute atomic E-state index is 13.4. The fourth-order valence-electron chi connectivity index (χ4n) is 1.17. The zero-order valence-electron chi connectivity index (χ0n) is 9.62. The largest absolute Gasteiger partial charge is 0.292 e. The molecule has 1 aromatic carbocycles. The SMILES string of the molecule is CC(C)(C(=O)c1ccc(F)cc1F)S(C)(=O)=O. The van der Waals surface area contributed by atoms with E-state index >= 15 is 0 Å². The average molecular weight is 262 g/mol. The van der Waals surface area contributed by atoms with Crippen molar-refractivity contribution in [1.29, 1.82) is 0 Å². The van der Waals surface area contributed by atoms with Gasteiger partial charge in [-0.15, -0.1) is 0 Å². The summed E-state index contributed by atoms with van der Waals surface area (Å²) in [6.07, 6.45) is 0.895. The fraction of sp³-hybridized carbons (Fsp3) is 0.364. The van der Waals surface area contributed by atoms with Crippen LogP contribution in [0.2, 0.25) is 0 Å². The monoisotopic (exact) mass is 262 g/mol. The Morgan fingerprint density at radius 1 is 1.24 bits per heavy atom. The van der Waals surface area contributed by atoms with E-state index in [1.165, 1.54) is 13.8 Å². The van der Waals surface area contributed by atoms with Gasteiger partial charge in [-0.3, -0.25) is 4.79 Å². The lowest BCUT2D eigenvalue weighted by Crippen LogP contribution is -2.40. The topological polar surface area (TPSA) is 51.2 Å². The molecule has 0 bridgehead atoms. The molecule has 0 aliphatic carbocycles. The minimum atomic E-state index is -3.69. The van der Waals surface area contributed by atoms with Crippen molar-refractivity contribution in [3.8, 4) is 0 Å². The lowest BCUT2D eigenvalue weighted by atomic mass is 10.00. The number of hydrogen-bond acceptors (Lipinski definition) is 3. The Morgan fingerprint density at radius 3 is 2.18 bits per heavy atom. The van der Waals surface area contributed by atoms with Gasteiger partial charge in [0.05, 0.1) is 5.56 Å². The summed E-state index contributed by atoms with van der Waals surface area (Å²) < 4.78 is 47.1. The van der Waals surface area contributed by atoms with E-state index in [2.05, 4.69) is 0 Å². The average Bonchev–Trinajstić information content (AvgIpc) is 2.14. The van der Waals surface area contributed by atoms with Crippen LogP contribution in [0.3, 0.4) is 0 Å². The lowest BCUT2D eigenvalue weighted by Gasteiger charge is -2.21. The van der Waals surface area contributed by atoms with Crippen LogP contribution in [0, 0.1) is 11.6 Å². The third kappa shape index (κ3) is 2.52. The quantitative estimate of drug-likeness (QED) is 0.782. The van der Waals surface area contributed by atoms with Crippen molar-refractivity contribution in [2.24, 2.45) is 0 Å². The second-order valence-corrected chi connectivity index (χ2v) is 6.80. The van der Waals surface area contributed by atoms with Crippen LogP contribution < -0.4 is 0 Å². The highest BCUT2D eigenvalue weighted by Gasteiger charge is 2.39. The first kappa shape index (κ1) is 13.8. The number of benzene rings is 1. The van der Waals surface area contributed by atoms with Crippen molar-refractivity contribution in [3.05, 3.63) is 35.4 Å². The second kappa shape index (κ2) is 4.18. The van der Waals surface area contributed by atoms with Crippen LogP contribution in [0.4, 0.5) is 8.78 Å². The molecule has 17 heavy (non-hydrogen) atoms. The number of carbonyl (C=O) groups excluding carboxylic acids is 1. The number of rotatable bonds is 3. The molecule has 0 aliphatic rings. The van der Waals surface area contributed by atoms with E-state index in [9.17, 15) is 22.0 Å². The molecule has 0 fully saturated rings. The summed E-state index contributed by atoms with van der Waals surface area (Å²) in [5.74, 6) is -2.78. The number of halogens is 2. The number of sulfone groups is 1. The highest BCUT2D eigenvalue weighted by Crippen LogP contribution is 2.23. The number of ketones is 1. The standard InChI is InChI=1S/C11H12F2O3S/c1-11(2,17(3,15)16)10(14)8-5-4-7(12)6-9(8)13/h4-6H,1-3H3. The van der Waals surface area contributed by atoms with Crippen molar-refractivity contribution >= 4 is 15.6 Å². The molecule has 0 heterocycles. The summed E-state index contributed by atoms with van der Waals surface area (Å²) >= 11 is 0. The Hall–Kier alpha value is -1.30. The first-order chi connectivity index (χ1) is 7.57. The first-order valence-electron chi connectivity index (χ1n) is 4.77. The van der Waals surface area contributed by atoms with E-state index in [-0.39, 0.29) is 0 Å². The molecule has 0 saturated heterocycles. The lowest BCUT2D eigenvalue weighted by molar-refractivity contribution is 0.0950. The van der Waals surface area contributed by atoms with Crippen LogP contribution in [0.15, 0.2) is 18.2 Å². The van der Waals surface area contributed by atoms with Gasteiger partial charge in [0, 0.05) is 12.3 Å². The molecule has 0 radical (unpaired) electrons. The van der Waals surface area contributed by atoms with E-state index in [0.29, 0.717) is 6.07 Å². The van der Waals surface area contributed by atoms with Gasteiger partial charge in [0.2, 0.25) is 0 Å². The van der Waals surface area contributed by atoms with E-state index < -0.39 is 37.6 Å². The van der Waals surface area contributed by atoms with Gasteiger partial charge in [-0.1, -0.05) is 0 Å².